The lowest BCUT2D eigenvalue weighted by Crippen LogP contribution is -2.55. The van der Waals surface area contributed by atoms with Gasteiger partial charge in [0.2, 0.25) is 5.91 Å². The summed E-state index contributed by atoms with van der Waals surface area (Å²) in [6.07, 6.45) is 3.27. The van der Waals surface area contributed by atoms with Gasteiger partial charge in [0.1, 0.15) is 12.1 Å². The first-order chi connectivity index (χ1) is 16.8. The normalized spacial score (nSPS) is 24.1. The van der Waals surface area contributed by atoms with Gasteiger partial charge in [0.15, 0.2) is 0 Å². The van der Waals surface area contributed by atoms with Crippen LogP contribution in [0.2, 0.25) is 0 Å². The van der Waals surface area contributed by atoms with Gasteiger partial charge in [0.05, 0.1) is 5.41 Å². The minimum Gasteiger partial charge on any atom is -0.480 e. The number of alkyl carbamates (subject to hydrolysis) is 1. The van der Waals surface area contributed by atoms with Gasteiger partial charge in [-0.3, -0.25) is 4.79 Å². The van der Waals surface area contributed by atoms with Gasteiger partial charge < -0.3 is 20.5 Å². The van der Waals surface area contributed by atoms with Crippen molar-refractivity contribution in [3.63, 3.8) is 0 Å². The van der Waals surface area contributed by atoms with E-state index in [2.05, 4.69) is 41.8 Å². The highest BCUT2D eigenvalue weighted by atomic mass is 16.5. The zero-order valence-electron chi connectivity index (χ0n) is 20.0. The standard InChI is InChI=1S/C28H32N2O5/c1-18-10-12-27(13-11-18,24(31)30-28(14-15-28)25(32)33)17-29-26(34)35-16-23-21-8-4-2-6-19(21)20-7-3-5-9-22(20)23/h2-9,18,23H,10-17H2,1H3,(H,29,34)(H,30,31)(H,32,33). The van der Waals surface area contributed by atoms with Crippen molar-refractivity contribution in [3.8, 4) is 11.1 Å². The first-order valence-electron chi connectivity index (χ1n) is 12.5. The molecule has 0 heterocycles. The first kappa shape index (κ1) is 23.4. The number of rotatable bonds is 7. The van der Waals surface area contributed by atoms with Crippen molar-refractivity contribution in [3.05, 3.63) is 59.7 Å². The van der Waals surface area contributed by atoms with Crippen LogP contribution in [0.1, 0.15) is 62.5 Å². The van der Waals surface area contributed by atoms with E-state index in [1.807, 2.05) is 24.3 Å². The van der Waals surface area contributed by atoms with Crippen molar-refractivity contribution in [2.45, 2.75) is 56.9 Å². The van der Waals surface area contributed by atoms with Crippen molar-refractivity contribution in [2.75, 3.05) is 13.2 Å². The monoisotopic (exact) mass is 476 g/mol. The number of nitrogens with one attached hydrogen (secondary N) is 2. The Kier molecular flexibility index (Phi) is 6.03. The van der Waals surface area contributed by atoms with Gasteiger partial charge >= 0.3 is 12.1 Å². The van der Waals surface area contributed by atoms with Gasteiger partial charge in [-0.2, -0.15) is 0 Å². The maximum Gasteiger partial charge on any atom is 0.407 e. The first-order valence-corrected chi connectivity index (χ1v) is 12.5. The average molecular weight is 477 g/mol. The molecule has 5 rings (SSSR count). The number of carboxylic acid groups (broad SMARTS) is 1. The van der Waals surface area contributed by atoms with Crippen LogP contribution in [-0.2, 0) is 14.3 Å². The smallest absolute Gasteiger partial charge is 0.407 e. The molecule has 3 aliphatic carbocycles. The van der Waals surface area contributed by atoms with Gasteiger partial charge in [-0.15, -0.1) is 0 Å². The highest BCUT2D eigenvalue weighted by Crippen LogP contribution is 2.45. The highest BCUT2D eigenvalue weighted by molar-refractivity contribution is 5.92. The molecule has 184 valence electrons. The van der Waals surface area contributed by atoms with E-state index < -0.39 is 23.0 Å². The zero-order chi connectivity index (χ0) is 24.6. The molecular formula is C28H32N2O5. The van der Waals surface area contributed by atoms with Crippen molar-refractivity contribution in [1.29, 1.82) is 0 Å². The number of carbonyl (C=O) groups is 3. The SMILES string of the molecule is CC1CCC(CNC(=O)OCC2c3ccccc3-c3ccccc32)(C(=O)NC2(C(=O)O)CC2)CC1. The molecule has 0 aromatic heterocycles. The Balaban J connectivity index is 1.24. The van der Waals surface area contributed by atoms with Gasteiger partial charge in [-0.25, -0.2) is 9.59 Å². The van der Waals surface area contributed by atoms with Gasteiger partial charge in [-0.05, 0) is 66.7 Å². The molecule has 0 spiro atoms. The second-order valence-electron chi connectivity index (χ2n) is 10.5. The molecule has 7 nitrogen and oxygen atoms in total. The van der Waals surface area contributed by atoms with Crippen LogP contribution in [0.3, 0.4) is 0 Å². The lowest BCUT2D eigenvalue weighted by Gasteiger charge is -2.38. The van der Waals surface area contributed by atoms with Gasteiger partial charge in [0.25, 0.3) is 0 Å². The van der Waals surface area contributed by atoms with Crippen LogP contribution >= 0.6 is 0 Å². The molecule has 7 heteroatoms. The second kappa shape index (κ2) is 9.02. The Morgan fingerprint density at radius 1 is 0.943 bits per heavy atom. The van der Waals surface area contributed by atoms with Crippen LogP contribution in [0.4, 0.5) is 4.79 Å². The number of carbonyl (C=O) groups excluding carboxylic acids is 2. The highest BCUT2D eigenvalue weighted by Gasteiger charge is 2.54. The molecule has 0 radical (unpaired) electrons. The molecule has 2 amide bonds. The predicted octanol–water partition coefficient (Wildman–Crippen LogP) is 4.46. The summed E-state index contributed by atoms with van der Waals surface area (Å²) in [5.41, 5.74) is 2.65. The molecular weight excluding hydrogens is 444 g/mol. The Morgan fingerprint density at radius 3 is 2.06 bits per heavy atom. The Bertz CT molecular complexity index is 1100. The summed E-state index contributed by atoms with van der Waals surface area (Å²) in [5.74, 6) is -0.802. The molecule has 2 aromatic carbocycles. The number of carboxylic acids is 1. The number of aliphatic carboxylic acids is 1. The molecule has 2 saturated carbocycles. The summed E-state index contributed by atoms with van der Waals surface area (Å²) in [4.78, 5) is 37.6. The Hall–Kier alpha value is -3.35. The van der Waals surface area contributed by atoms with E-state index in [1.54, 1.807) is 0 Å². The fourth-order valence-electron chi connectivity index (χ4n) is 5.56. The number of ether oxygens (including phenoxy) is 1. The van der Waals surface area contributed by atoms with Crippen LogP contribution in [0, 0.1) is 11.3 Å². The van der Waals surface area contributed by atoms with Crippen molar-refractivity contribution in [2.24, 2.45) is 11.3 Å². The predicted molar refractivity (Wildman–Crippen MR) is 131 cm³/mol. The molecule has 2 aromatic rings. The van der Waals surface area contributed by atoms with E-state index in [0.29, 0.717) is 31.6 Å². The van der Waals surface area contributed by atoms with Gasteiger partial charge in [0, 0.05) is 12.5 Å². The summed E-state index contributed by atoms with van der Waals surface area (Å²) in [6, 6.07) is 16.3. The number of fused-ring (bicyclic) bond motifs is 3. The summed E-state index contributed by atoms with van der Waals surface area (Å²) < 4.78 is 5.65. The molecule has 0 aliphatic heterocycles. The van der Waals surface area contributed by atoms with Crippen molar-refractivity contribution < 1.29 is 24.2 Å². The molecule has 2 fully saturated rings. The topological polar surface area (TPSA) is 105 Å². The van der Waals surface area contributed by atoms with Crippen LogP contribution in [0.5, 0.6) is 0 Å². The molecule has 0 unspecified atom stereocenters. The van der Waals surface area contributed by atoms with Gasteiger partial charge in [-0.1, -0.05) is 55.5 Å². The summed E-state index contributed by atoms with van der Waals surface area (Å²) in [7, 11) is 0. The Morgan fingerprint density at radius 2 is 1.51 bits per heavy atom. The maximum atomic E-state index is 13.3. The minimum absolute atomic E-state index is 0.0359. The molecule has 0 bridgehead atoms. The third-order valence-electron chi connectivity index (χ3n) is 8.14. The van der Waals surface area contributed by atoms with E-state index in [-0.39, 0.29) is 25.0 Å². The van der Waals surface area contributed by atoms with Crippen molar-refractivity contribution >= 4 is 18.0 Å². The zero-order valence-corrected chi connectivity index (χ0v) is 20.0. The molecule has 3 aliphatic rings. The van der Waals surface area contributed by atoms with Crippen LogP contribution in [0.15, 0.2) is 48.5 Å². The number of amides is 2. The third-order valence-corrected chi connectivity index (χ3v) is 8.14. The lowest BCUT2D eigenvalue weighted by atomic mass is 9.70. The largest absolute Gasteiger partial charge is 0.480 e. The number of hydrogen-bond donors (Lipinski definition) is 3. The number of hydrogen-bond acceptors (Lipinski definition) is 4. The maximum absolute atomic E-state index is 13.3. The molecule has 0 saturated heterocycles. The lowest BCUT2D eigenvalue weighted by molar-refractivity contribution is -0.146. The van der Waals surface area contributed by atoms with E-state index in [1.165, 1.54) is 0 Å². The van der Waals surface area contributed by atoms with E-state index in [0.717, 1.165) is 35.1 Å². The molecule has 35 heavy (non-hydrogen) atoms. The fraction of sp³-hybridized carbons (Fsp3) is 0.464. The minimum atomic E-state index is -1.14. The molecule has 0 atom stereocenters. The molecule has 3 N–H and O–H groups in total. The van der Waals surface area contributed by atoms with E-state index in [4.69, 9.17) is 4.74 Å². The van der Waals surface area contributed by atoms with Crippen molar-refractivity contribution in [1.82, 2.24) is 10.6 Å². The van der Waals surface area contributed by atoms with Crippen LogP contribution < -0.4 is 10.6 Å². The fourth-order valence-corrected chi connectivity index (χ4v) is 5.56. The van der Waals surface area contributed by atoms with E-state index in [9.17, 15) is 19.5 Å². The summed E-state index contributed by atoms with van der Waals surface area (Å²) >= 11 is 0. The summed E-state index contributed by atoms with van der Waals surface area (Å²) in [6.45, 7) is 2.50. The number of benzene rings is 2. The van der Waals surface area contributed by atoms with Crippen LogP contribution in [-0.4, -0.2) is 41.8 Å². The van der Waals surface area contributed by atoms with Crippen LogP contribution in [0.25, 0.3) is 11.1 Å². The summed E-state index contributed by atoms with van der Waals surface area (Å²) in [5, 5.41) is 15.1. The Labute approximate surface area is 205 Å². The second-order valence-corrected chi connectivity index (χ2v) is 10.5. The third kappa shape index (κ3) is 4.40. The van der Waals surface area contributed by atoms with E-state index >= 15 is 0 Å². The quantitative estimate of drug-likeness (QED) is 0.547. The average Bonchev–Trinajstić information content (AvgIpc) is 3.58.